The van der Waals surface area contributed by atoms with Gasteiger partial charge in [0.2, 0.25) is 0 Å². The number of hydrogen-bond donors (Lipinski definition) is 4. The molecule has 4 heteroatoms. The first kappa shape index (κ1) is 5.30. The van der Waals surface area contributed by atoms with Crippen molar-refractivity contribution < 1.29 is 8.22 Å². The second kappa shape index (κ2) is 5.80. The third-order valence-corrected chi connectivity index (χ3v) is 1.36. The van der Waals surface area contributed by atoms with E-state index in [1.54, 1.807) is 0 Å². The van der Waals surface area contributed by atoms with Crippen LogP contribution in [0.5, 0.6) is 0 Å². The van der Waals surface area contributed by atoms with E-state index in [9.17, 15) is 0 Å². The molecular weight excluding hydrogens is 188 g/mol. The van der Waals surface area contributed by atoms with Crippen molar-refractivity contribution in [1.29, 1.82) is 10.8 Å². The van der Waals surface area contributed by atoms with Crippen molar-refractivity contribution in [3.05, 3.63) is 35.8 Å². The minimum atomic E-state index is -2.38. The van der Waals surface area contributed by atoms with Crippen LogP contribution in [0.2, 0.25) is 0 Å². The van der Waals surface area contributed by atoms with Gasteiger partial charge >= 0.3 is 0 Å². The third-order valence-electron chi connectivity index (χ3n) is 1.36. The van der Waals surface area contributed by atoms with E-state index < -0.39 is 18.9 Å². The number of guanidine groups is 1. The number of rotatable bonds is 3. The maximum Gasteiger partial charge on any atom is 0.193 e. The SMILES string of the molecule is [2H]c1ccc(C([2H])C([2H])([2H])NC(=N)NC(C)=N)c([2H])c1[2H]. The molecule has 0 aliphatic rings. The van der Waals surface area contributed by atoms with Gasteiger partial charge in [0.15, 0.2) is 5.96 Å². The minimum absolute atomic E-state index is 0.0483. The molecule has 0 aliphatic carbocycles. The Hall–Kier alpha value is -1.84. The summed E-state index contributed by atoms with van der Waals surface area (Å²) in [6.07, 6.45) is -1.57. The van der Waals surface area contributed by atoms with Crippen molar-refractivity contribution in [2.24, 2.45) is 0 Å². The van der Waals surface area contributed by atoms with Crippen LogP contribution in [0.1, 0.15) is 20.7 Å². The van der Waals surface area contributed by atoms with Crippen LogP contribution >= 0.6 is 0 Å². The van der Waals surface area contributed by atoms with Crippen molar-refractivity contribution in [3.63, 3.8) is 0 Å². The van der Waals surface area contributed by atoms with Crippen molar-refractivity contribution in [2.75, 3.05) is 6.50 Å². The molecule has 0 bridgehead atoms. The first-order valence-electron chi connectivity index (χ1n) is 7.32. The highest BCUT2D eigenvalue weighted by atomic mass is 15.1. The maximum atomic E-state index is 7.92. The highest BCUT2D eigenvalue weighted by Crippen LogP contribution is 1.97. The molecule has 1 atom stereocenters. The first-order valence-corrected chi connectivity index (χ1v) is 4.24. The van der Waals surface area contributed by atoms with Crippen LogP contribution in [-0.2, 0) is 6.40 Å². The van der Waals surface area contributed by atoms with Gasteiger partial charge in [-0.15, -0.1) is 0 Å². The van der Waals surface area contributed by atoms with Crippen LogP contribution < -0.4 is 10.6 Å². The summed E-state index contributed by atoms with van der Waals surface area (Å²) in [6.45, 7) is -1.00. The molecule has 0 aromatic heterocycles. The van der Waals surface area contributed by atoms with E-state index in [4.69, 9.17) is 19.0 Å². The average Bonchev–Trinajstić information content (AvgIpc) is 2.33. The lowest BCUT2D eigenvalue weighted by Gasteiger charge is -2.08. The second-order valence-corrected chi connectivity index (χ2v) is 2.72. The van der Waals surface area contributed by atoms with Crippen LogP contribution in [0.4, 0.5) is 0 Å². The zero-order valence-corrected chi connectivity index (χ0v) is 8.23. The van der Waals surface area contributed by atoms with Crippen LogP contribution in [0.25, 0.3) is 0 Å². The fourth-order valence-electron chi connectivity index (χ4n) is 0.812. The molecule has 0 saturated heterocycles. The highest BCUT2D eigenvalue weighted by molar-refractivity contribution is 5.95. The molecule has 0 saturated carbocycles. The molecule has 0 radical (unpaired) electrons. The van der Waals surface area contributed by atoms with E-state index in [1.807, 2.05) is 0 Å². The van der Waals surface area contributed by atoms with Gasteiger partial charge in [0.25, 0.3) is 0 Å². The van der Waals surface area contributed by atoms with Gasteiger partial charge in [-0.1, -0.05) is 30.3 Å². The number of hydrogen-bond acceptors (Lipinski definition) is 2. The molecule has 0 spiro atoms. The lowest BCUT2D eigenvalue weighted by Crippen LogP contribution is -2.39. The van der Waals surface area contributed by atoms with Crippen LogP contribution in [0, 0.1) is 10.8 Å². The number of nitrogens with one attached hydrogen (secondary N) is 4. The summed E-state index contributed by atoms with van der Waals surface area (Å²) in [6, 6.07) is 1.58. The van der Waals surface area contributed by atoms with E-state index in [-0.39, 0.29) is 29.5 Å². The Morgan fingerprint density at radius 1 is 1.53 bits per heavy atom. The average molecular weight is 210 g/mol. The van der Waals surface area contributed by atoms with Gasteiger partial charge in [-0.25, -0.2) is 0 Å². The van der Waals surface area contributed by atoms with Crippen molar-refractivity contribution in [3.8, 4) is 0 Å². The van der Waals surface area contributed by atoms with Crippen molar-refractivity contribution >= 4 is 11.8 Å². The summed E-state index contributed by atoms with van der Waals surface area (Å²) >= 11 is 0. The third kappa shape index (κ3) is 4.81. The highest BCUT2D eigenvalue weighted by Gasteiger charge is 1.95. The number of amidine groups is 1. The van der Waals surface area contributed by atoms with Gasteiger partial charge in [0.05, 0.1) is 9.95 Å². The second-order valence-electron chi connectivity index (χ2n) is 2.72. The Morgan fingerprint density at radius 3 is 3.07 bits per heavy atom. The number of aryl methyl sites for hydroxylation is 1. The van der Waals surface area contributed by atoms with Gasteiger partial charge in [-0.3, -0.25) is 10.8 Å². The Labute approximate surface area is 98.2 Å². The zero-order valence-electron chi connectivity index (χ0n) is 14.2. The normalized spacial score (nSPS) is 18.2. The number of benzene rings is 1. The standard InChI is InChI=1S/C11H16N4/c1-9(12)15-11(13)14-8-7-10-5-3-2-4-6-10/h2-6H,7-8H2,1H3,(H4,12,13,14,15)/i2D,3D,5D,7D,8D2. The molecule has 4 N–H and O–H groups in total. The van der Waals surface area contributed by atoms with Gasteiger partial charge in [-0.2, -0.15) is 0 Å². The van der Waals surface area contributed by atoms with E-state index in [2.05, 4.69) is 10.6 Å². The van der Waals surface area contributed by atoms with Gasteiger partial charge in [0.1, 0.15) is 0 Å². The fourth-order valence-corrected chi connectivity index (χ4v) is 0.812. The fraction of sp³-hybridized carbons (Fsp3) is 0.273. The van der Waals surface area contributed by atoms with Crippen LogP contribution in [-0.4, -0.2) is 18.3 Å². The van der Waals surface area contributed by atoms with Gasteiger partial charge in [0, 0.05) is 10.6 Å². The summed E-state index contributed by atoms with van der Waals surface area (Å²) in [5, 5.41) is 19.0. The van der Waals surface area contributed by atoms with Gasteiger partial charge in [-0.05, 0) is 18.9 Å². The largest absolute Gasteiger partial charge is 0.356 e. The molecule has 80 valence electrons. The zero-order chi connectivity index (χ0) is 16.4. The quantitative estimate of drug-likeness (QED) is 0.449. The molecule has 0 fully saturated rings. The summed E-state index contributed by atoms with van der Waals surface area (Å²) in [7, 11) is 0. The molecule has 1 aromatic carbocycles. The molecule has 0 heterocycles. The molecule has 1 aromatic rings. The summed E-state index contributed by atoms with van der Waals surface area (Å²) in [5.74, 6) is -0.530. The predicted molar refractivity (Wildman–Crippen MR) is 62.4 cm³/mol. The summed E-state index contributed by atoms with van der Waals surface area (Å²) < 4.78 is 46.1. The topological polar surface area (TPSA) is 71.8 Å². The Kier molecular flexibility index (Phi) is 2.05. The van der Waals surface area contributed by atoms with E-state index in [0.717, 1.165) is 0 Å². The van der Waals surface area contributed by atoms with E-state index in [1.165, 1.54) is 19.1 Å². The Balaban J connectivity index is 3.01. The van der Waals surface area contributed by atoms with Gasteiger partial charge < -0.3 is 10.6 Å². The van der Waals surface area contributed by atoms with E-state index >= 15 is 0 Å². The lowest BCUT2D eigenvalue weighted by atomic mass is 10.1. The molecule has 15 heavy (non-hydrogen) atoms. The Morgan fingerprint density at radius 2 is 2.33 bits per heavy atom. The monoisotopic (exact) mass is 210 g/mol. The maximum absolute atomic E-state index is 7.92. The first-order chi connectivity index (χ1) is 9.56. The molecule has 4 nitrogen and oxygen atoms in total. The van der Waals surface area contributed by atoms with Crippen molar-refractivity contribution in [1.82, 2.24) is 10.6 Å². The summed E-state index contributed by atoms with van der Waals surface area (Å²) in [5.41, 5.74) is -0.0483. The molecule has 0 amide bonds. The van der Waals surface area contributed by atoms with E-state index in [0.29, 0.717) is 0 Å². The van der Waals surface area contributed by atoms with Crippen molar-refractivity contribution in [2.45, 2.75) is 13.3 Å². The summed E-state index contributed by atoms with van der Waals surface area (Å²) in [4.78, 5) is 0. The van der Waals surface area contributed by atoms with Crippen LogP contribution in [0.15, 0.2) is 30.3 Å². The Bertz CT molecular complexity index is 574. The molecule has 1 unspecified atom stereocenters. The van der Waals surface area contributed by atoms with Crippen LogP contribution in [0.3, 0.4) is 0 Å². The lowest BCUT2D eigenvalue weighted by molar-refractivity contribution is 0.842. The molecule has 0 aliphatic heterocycles. The molecular formula is C11H16N4. The minimum Gasteiger partial charge on any atom is -0.356 e. The smallest absolute Gasteiger partial charge is 0.193 e. The molecule has 1 rings (SSSR count). The predicted octanol–water partition coefficient (Wildman–Crippen LogP) is 1.34.